The molecule has 0 amide bonds. The molecule has 0 aliphatic rings. The van der Waals surface area contributed by atoms with Gasteiger partial charge >= 0.3 is 6.18 Å². The van der Waals surface area contributed by atoms with E-state index in [0.717, 1.165) is 11.6 Å². The molecule has 96 valence electrons. The lowest BCUT2D eigenvalue weighted by Crippen LogP contribution is -2.21. The topological polar surface area (TPSA) is 0 Å². The quantitative estimate of drug-likeness (QED) is 0.659. The number of benzene rings is 1. The summed E-state index contributed by atoms with van der Waals surface area (Å²) in [6.07, 6.45) is -4.24. The van der Waals surface area contributed by atoms with Gasteiger partial charge in [0.25, 0.3) is 0 Å². The molecule has 0 saturated carbocycles. The van der Waals surface area contributed by atoms with E-state index in [1.54, 1.807) is 12.1 Å². The largest absolute Gasteiger partial charge is 0.416 e. The van der Waals surface area contributed by atoms with Crippen molar-refractivity contribution in [2.24, 2.45) is 0 Å². The van der Waals surface area contributed by atoms with E-state index in [1.807, 2.05) is 0 Å². The van der Waals surface area contributed by atoms with Crippen molar-refractivity contribution < 1.29 is 13.2 Å². The van der Waals surface area contributed by atoms with Crippen LogP contribution in [0.4, 0.5) is 13.2 Å². The molecule has 1 aromatic carbocycles. The zero-order chi connectivity index (χ0) is 13.3. The van der Waals surface area contributed by atoms with E-state index in [9.17, 15) is 13.2 Å². The Labute approximate surface area is 102 Å². The van der Waals surface area contributed by atoms with Crippen LogP contribution in [0, 0.1) is 0 Å². The van der Waals surface area contributed by atoms with E-state index in [4.69, 9.17) is 0 Å². The zero-order valence-electron chi connectivity index (χ0n) is 10.7. The molecule has 1 atom stereocenters. The molecule has 0 aliphatic carbocycles. The molecule has 0 spiro atoms. The van der Waals surface area contributed by atoms with Gasteiger partial charge in [0.15, 0.2) is 0 Å². The lowest BCUT2D eigenvalue weighted by atomic mass is 10.0. The van der Waals surface area contributed by atoms with Crippen LogP contribution in [0.1, 0.15) is 24.0 Å². The van der Waals surface area contributed by atoms with Crippen LogP contribution in [0.2, 0.25) is 25.7 Å². The van der Waals surface area contributed by atoms with Gasteiger partial charge in [-0.05, 0) is 23.6 Å². The van der Waals surface area contributed by atoms with Crippen molar-refractivity contribution in [3.63, 3.8) is 0 Å². The van der Waals surface area contributed by atoms with Gasteiger partial charge in [-0.3, -0.25) is 0 Å². The van der Waals surface area contributed by atoms with Gasteiger partial charge in [-0.15, -0.1) is 0 Å². The van der Waals surface area contributed by atoms with Gasteiger partial charge in [0.2, 0.25) is 0 Å². The number of alkyl halides is 3. The Morgan fingerprint density at radius 3 is 1.88 bits per heavy atom. The maximum atomic E-state index is 12.4. The number of rotatable bonds is 3. The predicted molar refractivity (Wildman–Crippen MR) is 68.0 cm³/mol. The third-order valence-electron chi connectivity index (χ3n) is 2.73. The molecule has 0 radical (unpaired) electrons. The summed E-state index contributed by atoms with van der Waals surface area (Å²) in [7, 11) is -1.18. The van der Waals surface area contributed by atoms with Crippen LogP contribution < -0.4 is 0 Å². The molecular weight excluding hydrogens is 241 g/mol. The second-order valence-corrected chi connectivity index (χ2v) is 11.3. The molecule has 0 aromatic heterocycles. The average molecular weight is 260 g/mol. The summed E-state index contributed by atoms with van der Waals surface area (Å²) >= 11 is 0. The molecular formula is C13H19F3Si. The minimum Gasteiger partial charge on any atom is -0.166 e. The highest BCUT2D eigenvalue weighted by atomic mass is 28.3. The Balaban J connectivity index is 2.81. The monoisotopic (exact) mass is 260 g/mol. The summed E-state index contributed by atoms with van der Waals surface area (Å²) in [6.45, 7) is 8.90. The van der Waals surface area contributed by atoms with E-state index < -0.39 is 19.8 Å². The van der Waals surface area contributed by atoms with Crippen molar-refractivity contribution in [3.05, 3.63) is 35.4 Å². The minimum absolute atomic E-state index is 0.337. The van der Waals surface area contributed by atoms with Crippen molar-refractivity contribution in [1.82, 2.24) is 0 Å². The summed E-state index contributed by atoms with van der Waals surface area (Å²) in [5, 5.41) is 0. The van der Waals surface area contributed by atoms with Gasteiger partial charge in [0, 0.05) is 8.07 Å². The third kappa shape index (κ3) is 4.54. The molecule has 0 fully saturated rings. The van der Waals surface area contributed by atoms with E-state index in [2.05, 4.69) is 26.6 Å². The highest BCUT2D eigenvalue weighted by molar-refractivity contribution is 6.76. The summed E-state index contributed by atoms with van der Waals surface area (Å²) in [5.41, 5.74) is 0.432. The molecule has 0 heterocycles. The molecule has 1 unspecified atom stereocenters. The van der Waals surface area contributed by atoms with E-state index in [1.165, 1.54) is 12.1 Å². The second-order valence-electron chi connectivity index (χ2n) is 5.79. The zero-order valence-corrected chi connectivity index (χ0v) is 11.7. The van der Waals surface area contributed by atoms with Crippen molar-refractivity contribution in [2.75, 3.05) is 0 Å². The molecule has 0 saturated heterocycles. The van der Waals surface area contributed by atoms with Crippen LogP contribution in [-0.4, -0.2) is 8.07 Å². The van der Waals surface area contributed by atoms with Gasteiger partial charge in [0.05, 0.1) is 5.56 Å². The fourth-order valence-electron chi connectivity index (χ4n) is 2.04. The first-order valence-electron chi connectivity index (χ1n) is 5.77. The first-order chi connectivity index (χ1) is 7.59. The van der Waals surface area contributed by atoms with Crippen molar-refractivity contribution in [1.29, 1.82) is 0 Å². The summed E-state index contributed by atoms with van der Waals surface area (Å²) in [5.74, 6) is 0.337. The highest BCUT2D eigenvalue weighted by Crippen LogP contribution is 2.31. The first-order valence-corrected chi connectivity index (χ1v) is 9.47. The molecule has 0 nitrogen and oxygen atoms in total. The molecule has 1 rings (SSSR count). The SMILES string of the molecule is CC(C[Si](C)(C)C)c1ccc(C(F)(F)F)cc1. The van der Waals surface area contributed by atoms with Gasteiger partial charge < -0.3 is 0 Å². The maximum absolute atomic E-state index is 12.4. The Bertz CT molecular complexity index is 360. The molecule has 1 aromatic rings. The van der Waals surface area contributed by atoms with E-state index >= 15 is 0 Å². The Kier molecular flexibility index (Phi) is 4.07. The number of hydrogen-bond acceptors (Lipinski definition) is 0. The summed E-state index contributed by atoms with van der Waals surface area (Å²) in [4.78, 5) is 0. The first kappa shape index (κ1) is 14.3. The van der Waals surface area contributed by atoms with Crippen LogP contribution in [0.25, 0.3) is 0 Å². The molecule has 0 aliphatic heterocycles. The van der Waals surface area contributed by atoms with Gasteiger partial charge in [-0.2, -0.15) is 13.2 Å². The van der Waals surface area contributed by atoms with Crippen LogP contribution in [0.15, 0.2) is 24.3 Å². The lowest BCUT2D eigenvalue weighted by Gasteiger charge is -2.22. The smallest absolute Gasteiger partial charge is 0.166 e. The lowest BCUT2D eigenvalue weighted by molar-refractivity contribution is -0.137. The molecule has 17 heavy (non-hydrogen) atoms. The summed E-state index contributed by atoms with van der Waals surface area (Å²) < 4.78 is 37.2. The van der Waals surface area contributed by atoms with E-state index in [-0.39, 0.29) is 0 Å². The molecule has 0 N–H and O–H groups in total. The fourth-order valence-corrected chi connectivity index (χ4v) is 4.11. The summed E-state index contributed by atoms with van der Waals surface area (Å²) in [6, 6.07) is 6.66. The van der Waals surface area contributed by atoms with Crippen LogP contribution >= 0.6 is 0 Å². The van der Waals surface area contributed by atoms with Crippen LogP contribution in [0.3, 0.4) is 0 Å². The number of halogens is 3. The Morgan fingerprint density at radius 2 is 1.53 bits per heavy atom. The van der Waals surface area contributed by atoms with Crippen molar-refractivity contribution >= 4 is 8.07 Å². The van der Waals surface area contributed by atoms with Gasteiger partial charge in [-0.25, -0.2) is 0 Å². The predicted octanol–water partition coefficient (Wildman–Crippen LogP) is 5.15. The van der Waals surface area contributed by atoms with Gasteiger partial charge in [0.1, 0.15) is 0 Å². The maximum Gasteiger partial charge on any atom is 0.416 e. The average Bonchev–Trinajstić information content (AvgIpc) is 2.14. The van der Waals surface area contributed by atoms with Crippen LogP contribution in [-0.2, 0) is 6.18 Å². The van der Waals surface area contributed by atoms with Crippen LogP contribution in [0.5, 0.6) is 0 Å². The second kappa shape index (κ2) is 4.84. The number of hydrogen-bond donors (Lipinski definition) is 0. The normalized spacial score (nSPS) is 14.8. The van der Waals surface area contributed by atoms with E-state index in [0.29, 0.717) is 5.92 Å². The standard InChI is InChI=1S/C13H19F3Si/c1-10(9-17(2,3)4)11-5-7-12(8-6-11)13(14,15)16/h5-8,10H,9H2,1-4H3. The highest BCUT2D eigenvalue weighted by Gasteiger charge is 2.30. The van der Waals surface area contributed by atoms with Gasteiger partial charge in [-0.1, -0.05) is 44.7 Å². The van der Waals surface area contributed by atoms with Crippen molar-refractivity contribution in [2.45, 2.75) is 44.7 Å². The fraction of sp³-hybridized carbons (Fsp3) is 0.538. The minimum atomic E-state index is -4.24. The Morgan fingerprint density at radius 1 is 1.06 bits per heavy atom. The molecule has 0 bridgehead atoms. The third-order valence-corrected chi connectivity index (χ3v) is 4.56. The molecule has 4 heteroatoms. The Hall–Kier alpha value is -0.773. The van der Waals surface area contributed by atoms with Crippen molar-refractivity contribution in [3.8, 4) is 0 Å².